The molecule has 0 aliphatic heterocycles. The van der Waals surface area contributed by atoms with E-state index in [0.717, 1.165) is 5.56 Å². The van der Waals surface area contributed by atoms with Crippen molar-refractivity contribution in [2.75, 3.05) is 7.11 Å². The van der Waals surface area contributed by atoms with Crippen LogP contribution in [-0.2, 0) is 0 Å². The van der Waals surface area contributed by atoms with Crippen LogP contribution in [0.25, 0.3) is 0 Å². The van der Waals surface area contributed by atoms with Gasteiger partial charge in [0.15, 0.2) is 0 Å². The lowest BCUT2D eigenvalue weighted by Crippen LogP contribution is -2.01. The first-order valence-corrected chi connectivity index (χ1v) is 5.67. The van der Waals surface area contributed by atoms with E-state index in [4.69, 9.17) is 16.3 Å². The molecule has 1 N–H and O–H groups in total. The lowest BCUT2D eigenvalue weighted by molar-refractivity contribution is 0.220. The van der Waals surface area contributed by atoms with Gasteiger partial charge < -0.3 is 9.84 Å². The highest BCUT2D eigenvalue weighted by atomic mass is 35.5. The van der Waals surface area contributed by atoms with Crippen LogP contribution < -0.4 is 4.74 Å². The van der Waals surface area contributed by atoms with Gasteiger partial charge in [-0.2, -0.15) is 0 Å². The zero-order valence-corrected chi connectivity index (χ0v) is 10.2. The molecule has 0 bridgehead atoms. The Balaban J connectivity index is 2.41. The van der Waals surface area contributed by atoms with E-state index in [1.807, 2.05) is 36.4 Å². The summed E-state index contributed by atoms with van der Waals surface area (Å²) in [6.45, 7) is 0. The molecule has 2 nitrogen and oxygen atoms in total. The van der Waals surface area contributed by atoms with E-state index in [1.165, 1.54) is 0 Å². The van der Waals surface area contributed by atoms with E-state index in [2.05, 4.69) is 0 Å². The number of rotatable bonds is 3. The van der Waals surface area contributed by atoms with Gasteiger partial charge in [0.25, 0.3) is 0 Å². The van der Waals surface area contributed by atoms with Crippen LogP contribution in [0.15, 0.2) is 48.5 Å². The predicted molar refractivity (Wildman–Crippen MR) is 68.5 cm³/mol. The highest BCUT2D eigenvalue weighted by Gasteiger charge is 2.15. The Hall–Kier alpha value is -1.51. The third-order valence-corrected chi connectivity index (χ3v) is 3.03. The maximum absolute atomic E-state index is 10.3. The Bertz CT molecular complexity index is 497. The average molecular weight is 249 g/mol. The van der Waals surface area contributed by atoms with E-state index < -0.39 is 6.10 Å². The fraction of sp³-hybridized carbons (Fsp3) is 0.143. The molecule has 2 aromatic carbocycles. The third-order valence-electron chi connectivity index (χ3n) is 2.62. The van der Waals surface area contributed by atoms with Gasteiger partial charge in [-0.25, -0.2) is 0 Å². The minimum absolute atomic E-state index is 0.450. The molecule has 2 rings (SSSR count). The standard InChI is InChI=1S/C14H13ClO2/c1-17-12-9-5-8-11(13(12)15)14(16)10-6-3-2-4-7-10/h2-9,14,16H,1H3. The van der Waals surface area contributed by atoms with Crippen molar-refractivity contribution in [1.82, 2.24) is 0 Å². The van der Waals surface area contributed by atoms with Crippen molar-refractivity contribution < 1.29 is 9.84 Å². The molecule has 0 fully saturated rings. The quantitative estimate of drug-likeness (QED) is 0.902. The predicted octanol–water partition coefficient (Wildman–Crippen LogP) is 3.43. The molecular formula is C14H13ClO2. The van der Waals surface area contributed by atoms with Crippen molar-refractivity contribution in [3.05, 3.63) is 64.7 Å². The molecule has 3 heteroatoms. The Morgan fingerprint density at radius 2 is 1.76 bits per heavy atom. The summed E-state index contributed by atoms with van der Waals surface area (Å²) in [5.74, 6) is 0.569. The number of hydrogen-bond acceptors (Lipinski definition) is 2. The zero-order valence-electron chi connectivity index (χ0n) is 9.43. The molecule has 0 aromatic heterocycles. The summed E-state index contributed by atoms with van der Waals surface area (Å²) in [7, 11) is 1.56. The van der Waals surface area contributed by atoms with E-state index in [-0.39, 0.29) is 0 Å². The first-order valence-electron chi connectivity index (χ1n) is 5.29. The highest BCUT2D eigenvalue weighted by Crippen LogP contribution is 2.34. The number of aliphatic hydroxyl groups is 1. The van der Waals surface area contributed by atoms with Gasteiger partial charge in [-0.1, -0.05) is 54.1 Å². The van der Waals surface area contributed by atoms with Gasteiger partial charge in [0, 0.05) is 5.56 Å². The molecule has 1 unspecified atom stereocenters. The van der Waals surface area contributed by atoms with E-state index >= 15 is 0 Å². The average Bonchev–Trinajstić information content (AvgIpc) is 2.39. The van der Waals surface area contributed by atoms with Gasteiger partial charge in [0.05, 0.1) is 12.1 Å². The van der Waals surface area contributed by atoms with Gasteiger partial charge >= 0.3 is 0 Å². The van der Waals surface area contributed by atoms with Crippen LogP contribution in [0.5, 0.6) is 5.75 Å². The lowest BCUT2D eigenvalue weighted by atomic mass is 10.0. The second-order valence-corrected chi connectivity index (χ2v) is 4.05. The summed E-state index contributed by atoms with van der Waals surface area (Å²) in [5.41, 5.74) is 1.46. The normalized spacial score (nSPS) is 12.2. The maximum atomic E-state index is 10.3. The molecular weight excluding hydrogens is 236 g/mol. The molecule has 0 spiro atoms. The molecule has 0 amide bonds. The molecule has 0 saturated carbocycles. The Kier molecular flexibility index (Phi) is 3.67. The van der Waals surface area contributed by atoms with Crippen molar-refractivity contribution in [1.29, 1.82) is 0 Å². The Labute approximate surface area is 105 Å². The number of halogens is 1. The molecule has 88 valence electrons. The summed E-state index contributed by atoms with van der Waals surface area (Å²) >= 11 is 6.17. The van der Waals surface area contributed by atoms with Crippen LogP contribution in [0.3, 0.4) is 0 Å². The van der Waals surface area contributed by atoms with Gasteiger partial charge in [0.1, 0.15) is 11.9 Å². The van der Waals surface area contributed by atoms with Crippen molar-refractivity contribution in [2.45, 2.75) is 6.10 Å². The van der Waals surface area contributed by atoms with Crippen LogP contribution in [0.4, 0.5) is 0 Å². The molecule has 0 aliphatic rings. The number of methoxy groups -OCH3 is 1. The second kappa shape index (κ2) is 5.21. The number of benzene rings is 2. The molecule has 0 radical (unpaired) electrons. The smallest absolute Gasteiger partial charge is 0.137 e. The van der Waals surface area contributed by atoms with Crippen molar-refractivity contribution in [3.8, 4) is 5.75 Å². The summed E-state index contributed by atoms with van der Waals surface area (Å²) < 4.78 is 5.13. The van der Waals surface area contributed by atoms with Crippen molar-refractivity contribution in [3.63, 3.8) is 0 Å². The first kappa shape index (κ1) is 12.0. The van der Waals surface area contributed by atoms with Gasteiger partial charge in [-0.3, -0.25) is 0 Å². The van der Waals surface area contributed by atoms with Gasteiger partial charge in [-0.05, 0) is 11.6 Å². The Morgan fingerprint density at radius 1 is 1.06 bits per heavy atom. The fourth-order valence-corrected chi connectivity index (χ4v) is 2.02. The lowest BCUT2D eigenvalue weighted by Gasteiger charge is -2.14. The molecule has 2 aromatic rings. The van der Waals surface area contributed by atoms with Crippen LogP contribution >= 0.6 is 11.6 Å². The third kappa shape index (κ3) is 2.43. The van der Waals surface area contributed by atoms with Crippen molar-refractivity contribution in [2.24, 2.45) is 0 Å². The summed E-state index contributed by atoms with van der Waals surface area (Å²) in [5, 5.41) is 10.7. The Morgan fingerprint density at radius 3 is 2.41 bits per heavy atom. The molecule has 17 heavy (non-hydrogen) atoms. The number of ether oxygens (including phenoxy) is 1. The summed E-state index contributed by atoms with van der Waals surface area (Å²) in [6.07, 6.45) is -0.737. The van der Waals surface area contributed by atoms with Crippen LogP contribution in [0.1, 0.15) is 17.2 Å². The summed E-state index contributed by atoms with van der Waals surface area (Å²) in [6, 6.07) is 14.8. The minimum atomic E-state index is -0.737. The summed E-state index contributed by atoms with van der Waals surface area (Å²) in [4.78, 5) is 0. The molecule has 0 saturated heterocycles. The SMILES string of the molecule is COc1cccc(C(O)c2ccccc2)c1Cl. The number of aliphatic hydroxyl groups excluding tert-OH is 1. The first-order chi connectivity index (χ1) is 8.24. The van der Waals surface area contributed by atoms with E-state index in [1.54, 1.807) is 19.2 Å². The van der Waals surface area contributed by atoms with Crippen LogP contribution in [0, 0.1) is 0 Å². The fourth-order valence-electron chi connectivity index (χ4n) is 1.71. The largest absolute Gasteiger partial charge is 0.495 e. The van der Waals surface area contributed by atoms with Gasteiger partial charge in [0.2, 0.25) is 0 Å². The zero-order chi connectivity index (χ0) is 12.3. The second-order valence-electron chi connectivity index (χ2n) is 3.68. The van der Waals surface area contributed by atoms with E-state index in [9.17, 15) is 5.11 Å². The minimum Gasteiger partial charge on any atom is -0.495 e. The van der Waals surface area contributed by atoms with Crippen LogP contribution in [0.2, 0.25) is 5.02 Å². The maximum Gasteiger partial charge on any atom is 0.137 e. The topological polar surface area (TPSA) is 29.5 Å². The number of hydrogen-bond donors (Lipinski definition) is 1. The highest BCUT2D eigenvalue weighted by molar-refractivity contribution is 6.32. The molecule has 0 aliphatic carbocycles. The molecule has 1 atom stereocenters. The van der Waals surface area contributed by atoms with E-state index in [0.29, 0.717) is 16.3 Å². The van der Waals surface area contributed by atoms with Crippen molar-refractivity contribution >= 4 is 11.6 Å². The van der Waals surface area contributed by atoms with Gasteiger partial charge in [-0.15, -0.1) is 0 Å². The molecule has 0 heterocycles. The monoisotopic (exact) mass is 248 g/mol. The van der Waals surface area contributed by atoms with Crippen LogP contribution in [-0.4, -0.2) is 12.2 Å².